The molecule has 3 nitrogen and oxygen atoms in total. The third-order valence-corrected chi connectivity index (χ3v) is 5.86. The van der Waals surface area contributed by atoms with Crippen LogP contribution in [0.3, 0.4) is 0 Å². The topological polar surface area (TPSA) is 29.5 Å². The Balaban J connectivity index is 1.69. The summed E-state index contributed by atoms with van der Waals surface area (Å²) in [6, 6.07) is 22.0. The summed E-state index contributed by atoms with van der Waals surface area (Å²) in [5.41, 5.74) is 2.46. The molecule has 2 heterocycles. The third-order valence-electron chi connectivity index (χ3n) is 5.86. The van der Waals surface area contributed by atoms with Gasteiger partial charge < -0.3 is 9.64 Å². The highest BCUT2D eigenvalue weighted by molar-refractivity contribution is 6.17. The molecule has 3 aromatic carbocycles. The van der Waals surface area contributed by atoms with E-state index in [2.05, 4.69) is 24.0 Å². The number of ether oxygens (including phenoxy) is 1. The van der Waals surface area contributed by atoms with Gasteiger partial charge in [-0.3, -0.25) is 4.79 Å². The maximum Gasteiger partial charge on any atom is 0.202 e. The number of carbonyl (C=O) groups excluding carboxylic acids is 1. The summed E-state index contributed by atoms with van der Waals surface area (Å²) in [6.07, 6.45) is 7.78. The van der Waals surface area contributed by atoms with Crippen LogP contribution in [0.2, 0.25) is 0 Å². The fourth-order valence-corrected chi connectivity index (χ4v) is 4.14. The van der Waals surface area contributed by atoms with E-state index >= 15 is 0 Å². The molecule has 2 aliphatic rings. The predicted octanol–water partition coefficient (Wildman–Crippen LogP) is 5.34. The highest BCUT2D eigenvalue weighted by atomic mass is 16.5. The normalized spacial score (nSPS) is 19.4. The van der Waals surface area contributed by atoms with Crippen molar-refractivity contribution in [3.05, 3.63) is 108 Å². The smallest absolute Gasteiger partial charge is 0.202 e. The van der Waals surface area contributed by atoms with Crippen LogP contribution in [0.25, 0.3) is 16.5 Å². The van der Waals surface area contributed by atoms with Crippen molar-refractivity contribution in [2.24, 2.45) is 0 Å². The molecule has 0 aliphatic carbocycles. The maximum atomic E-state index is 13.5. The Morgan fingerprint density at radius 1 is 0.903 bits per heavy atom. The highest BCUT2D eigenvalue weighted by Crippen LogP contribution is 2.42. The molecule has 0 spiro atoms. The molecule has 3 heteroatoms. The maximum absolute atomic E-state index is 13.5. The number of nitrogens with zero attached hydrogens (tertiary/aromatic N) is 1. The molecule has 31 heavy (non-hydrogen) atoms. The van der Waals surface area contributed by atoms with Gasteiger partial charge in [-0.1, -0.05) is 60.4 Å². The number of benzene rings is 3. The fraction of sp³-hybridized carbons (Fsp3) is 0.107. The summed E-state index contributed by atoms with van der Waals surface area (Å²) in [4.78, 5) is 15.5. The van der Waals surface area contributed by atoms with Crippen molar-refractivity contribution < 1.29 is 9.53 Å². The lowest BCUT2D eigenvalue weighted by Crippen LogP contribution is -2.43. The van der Waals surface area contributed by atoms with Crippen molar-refractivity contribution in [3.8, 4) is 17.6 Å². The number of rotatable bonds is 2. The monoisotopic (exact) mass is 403 g/mol. The predicted molar refractivity (Wildman–Crippen MR) is 124 cm³/mol. The van der Waals surface area contributed by atoms with Crippen LogP contribution in [0.4, 0.5) is 0 Å². The van der Waals surface area contributed by atoms with Crippen LogP contribution >= 0.6 is 0 Å². The van der Waals surface area contributed by atoms with E-state index in [1.807, 2.05) is 90.8 Å². The lowest BCUT2D eigenvalue weighted by molar-refractivity contribution is -0.119. The quantitative estimate of drug-likeness (QED) is 0.541. The molecular formula is C28H21NO2. The minimum absolute atomic E-state index is 0.0151. The molecule has 0 saturated heterocycles. The number of allylic oxidation sites excluding steroid dienone is 2. The van der Waals surface area contributed by atoms with Gasteiger partial charge in [-0.25, -0.2) is 0 Å². The molecule has 3 aromatic rings. The average molecular weight is 403 g/mol. The van der Waals surface area contributed by atoms with Crippen molar-refractivity contribution in [1.29, 1.82) is 0 Å². The zero-order chi connectivity index (χ0) is 21.4. The van der Waals surface area contributed by atoms with E-state index < -0.39 is 5.54 Å². The number of methoxy groups -OCH3 is 1. The molecule has 0 bridgehead atoms. The first kappa shape index (κ1) is 19.0. The van der Waals surface area contributed by atoms with E-state index in [4.69, 9.17) is 4.74 Å². The molecule has 1 unspecified atom stereocenters. The molecule has 150 valence electrons. The van der Waals surface area contributed by atoms with Crippen LogP contribution in [0.1, 0.15) is 18.1 Å². The van der Waals surface area contributed by atoms with Crippen LogP contribution in [0.15, 0.2) is 96.7 Å². The van der Waals surface area contributed by atoms with E-state index in [0.29, 0.717) is 5.57 Å². The Labute approximate surface area is 182 Å². The SMILES string of the molecule is COc1ccc2cc(C3=C(C#Cc4ccccc4)C(=O)C4(C)C=CC=CN34)ccc2c1. The van der Waals surface area contributed by atoms with Gasteiger partial charge in [0.25, 0.3) is 0 Å². The van der Waals surface area contributed by atoms with Crippen LogP contribution in [-0.2, 0) is 4.79 Å². The lowest BCUT2D eigenvalue weighted by Gasteiger charge is -2.34. The summed E-state index contributed by atoms with van der Waals surface area (Å²) in [5.74, 6) is 7.21. The first-order chi connectivity index (χ1) is 15.1. The van der Waals surface area contributed by atoms with Crippen LogP contribution in [0, 0.1) is 11.8 Å². The van der Waals surface area contributed by atoms with Gasteiger partial charge in [-0.05, 0) is 54.1 Å². The number of hydrogen-bond donors (Lipinski definition) is 0. The van der Waals surface area contributed by atoms with Gasteiger partial charge in [0.15, 0.2) is 0 Å². The van der Waals surface area contributed by atoms with Gasteiger partial charge in [0, 0.05) is 17.3 Å². The second-order valence-electron chi connectivity index (χ2n) is 7.81. The van der Waals surface area contributed by atoms with E-state index in [1.54, 1.807) is 7.11 Å². The summed E-state index contributed by atoms with van der Waals surface area (Å²) >= 11 is 0. The molecule has 0 N–H and O–H groups in total. The minimum atomic E-state index is -0.764. The van der Waals surface area contributed by atoms with Crippen LogP contribution < -0.4 is 4.74 Å². The Morgan fingerprint density at radius 3 is 2.48 bits per heavy atom. The van der Waals surface area contributed by atoms with Crippen molar-refractivity contribution >= 4 is 22.3 Å². The molecule has 0 radical (unpaired) electrons. The minimum Gasteiger partial charge on any atom is -0.497 e. The molecule has 0 saturated carbocycles. The van der Waals surface area contributed by atoms with Crippen LogP contribution in [-0.4, -0.2) is 23.3 Å². The van der Waals surface area contributed by atoms with Gasteiger partial charge in [-0.15, -0.1) is 0 Å². The zero-order valence-electron chi connectivity index (χ0n) is 17.4. The fourth-order valence-electron chi connectivity index (χ4n) is 4.14. The Kier molecular flexibility index (Phi) is 4.49. The highest BCUT2D eigenvalue weighted by Gasteiger charge is 2.47. The number of ketones is 1. The molecule has 2 aliphatic heterocycles. The van der Waals surface area contributed by atoms with E-state index in [0.717, 1.165) is 33.3 Å². The van der Waals surface area contributed by atoms with Crippen molar-refractivity contribution in [2.75, 3.05) is 7.11 Å². The van der Waals surface area contributed by atoms with Gasteiger partial charge in [0.2, 0.25) is 5.78 Å². The number of fused-ring (bicyclic) bond motifs is 2. The average Bonchev–Trinajstić information content (AvgIpc) is 3.04. The Hall–Kier alpha value is -4.03. The van der Waals surface area contributed by atoms with Crippen LogP contribution in [0.5, 0.6) is 5.75 Å². The summed E-state index contributed by atoms with van der Waals surface area (Å²) < 4.78 is 5.34. The van der Waals surface area contributed by atoms with Gasteiger partial charge in [-0.2, -0.15) is 0 Å². The standard InChI is InChI=1S/C28H21NO2/c1-28-16-6-7-17-29(28)26(25(27(28)30)15-10-20-8-4-3-5-9-20)23-12-11-22-19-24(31-2)14-13-21(22)18-23/h3-9,11-14,16-19H,1-2H3. The van der Waals surface area contributed by atoms with E-state index in [1.165, 1.54) is 0 Å². The Bertz CT molecular complexity index is 1350. The summed E-state index contributed by atoms with van der Waals surface area (Å²) in [7, 11) is 1.67. The molecule has 0 amide bonds. The third kappa shape index (κ3) is 3.14. The lowest BCUT2D eigenvalue weighted by atomic mass is 9.92. The summed E-state index contributed by atoms with van der Waals surface area (Å²) in [5, 5.41) is 2.17. The van der Waals surface area contributed by atoms with Crippen molar-refractivity contribution in [2.45, 2.75) is 12.5 Å². The zero-order valence-corrected chi connectivity index (χ0v) is 17.4. The first-order valence-electron chi connectivity index (χ1n) is 10.2. The molecule has 0 fully saturated rings. The van der Waals surface area contributed by atoms with E-state index in [-0.39, 0.29) is 5.78 Å². The first-order valence-corrected chi connectivity index (χ1v) is 10.2. The van der Waals surface area contributed by atoms with Gasteiger partial charge in [0.05, 0.1) is 18.4 Å². The largest absolute Gasteiger partial charge is 0.497 e. The molecular weight excluding hydrogens is 382 g/mol. The Morgan fingerprint density at radius 2 is 1.68 bits per heavy atom. The number of carbonyl (C=O) groups is 1. The van der Waals surface area contributed by atoms with Gasteiger partial charge in [0.1, 0.15) is 11.3 Å². The second kappa shape index (κ2) is 7.34. The molecule has 1 atom stereocenters. The molecule has 0 aromatic heterocycles. The van der Waals surface area contributed by atoms with Crippen molar-refractivity contribution in [3.63, 3.8) is 0 Å². The second-order valence-corrected chi connectivity index (χ2v) is 7.81. The van der Waals surface area contributed by atoms with Crippen molar-refractivity contribution in [1.82, 2.24) is 4.90 Å². The van der Waals surface area contributed by atoms with E-state index in [9.17, 15) is 4.79 Å². The molecule has 5 rings (SSSR count). The van der Waals surface area contributed by atoms with Gasteiger partial charge >= 0.3 is 0 Å². The number of hydrogen-bond acceptors (Lipinski definition) is 3. The summed E-state index contributed by atoms with van der Waals surface area (Å²) in [6.45, 7) is 1.94. The number of Topliss-reactive ketones (excluding diaryl/α,β-unsaturated/α-hetero) is 1.